The normalized spacial score (nSPS) is 18.3. The lowest BCUT2D eigenvalue weighted by Gasteiger charge is -2.36. The number of anilines is 1. The number of aryl methyl sites for hydroxylation is 1. The number of hydrogen-bond donors (Lipinski definition) is 2. The van der Waals surface area contributed by atoms with Crippen LogP contribution in [-0.2, 0) is 20.8 Å². The number of fused-ring (bicyclic) bond motifs is 1. The van der Waals surface area contributed by atoms with Crippen LogP contribution in [-0.4, -0.2) is 122 Å². The summed E-state index contributed by atoms with van der Waals surface area (Å²) in [6.07, 6.45) is 18.5. The number of pyridine rings is 2. The van der Waals surface area contributed by atoms with Crippen LogP contribution in [0.3, 0.4) is 0 Å². The Labute approximate surface area is 449 Å². The van der Waals surface area contributed by atoms with Crippen LogP contribution < -0.4 is 25.8 Å². The number of thiazole rings is 1. The Balaban J connectivity index is 0.689. The van der Waals surface area contributed by atoms with Crippen molar-refractivity contribution in [1.29, 1.82) is 0 Å². The second kappa shape index (κ2) is 25.2. The maximum absolute atomic E-state index is 14.2. The molecule has 0 bridgehead atoms. The van der Waals surface area contributed by atoms with E-state index in [1.807, 2.05) is 34.2 Å². The molecule has 9 rings (SSSR count). The van der Waals surface area contributed by atoms with Gasteiger partial charge in [-0.15, -0.1) is 11.3 Å². The van der Waals surface area contributed by atoms with Gasteiger partial charge in [-0.25, -0.2) is 15.0 Å². The zero-order valence-electron chi connectivity index (χ0n) is 44.7. The van der Waals surface area contributed by atoms with Crippen molar-refractivity contribution in [3.8, 4) is 5.75 Å². The number of nitrogens with zero attached hydrogens (tertiary/aromatic N) is 8. The van der Waals surface area contributed by atoms with Gasteiger partial charge < -0.3 is 30.1 Å². The van der Waals surface area contributed by atoms with Crippen LogP contribution in [0.2, 0.25) is 0 Å². The van der Waals surface area contributed by atoms with Crippen LogP contribution in [0.4, 0.5) is 5.69 Å². The maximum atomic E-state index is 14.2. The number of benzene rings is 1. The van der Waals surface area contributed by atoms with Gasteiger partial charge in [0.2, 0.25) is 23.5 Å². The monoisotopic (exact) mass is 1050 g/mol. The minimum absolute atomic E-state index is 0.0198. The lowest BCUT2D eigenvalue weighted by Crippen LogP contribution is -2.55. The summed E-state index contributed by atoms with van der Waals surface area (Å²) in [5.74, 6) is 0.796. The van der Waals surface area contributed by atoms with E-state index in [4.69, 9.17) is 19.7 Å². The van der Waals surface area contributed by atoms with Crippen LogP contribution in [0.25, 0.3) is 11.0 Å². The molecule has 3 atom stereocenters. The number of amides is 3. The minimum atomic E-state index is -0.580. The average molecular weight is 1060 g/mol. The standard InChI is InChI=1S/C58H74N10O7S/c1-37-46-35-61-49(63-54(46)68(43-19-11-12-20-43)57(73)51(37)39(3)69)33-42-24-25-44(34-60-42)65-27-29-66(30-28-65)50(70)23-10-5-6-13-31-75-45-21-14-18-41(32-45)53(71)47-36-76-56(62-47)48-22-15-26-67(48)58(74)52(40-16-8-7-9-17-40)64-55(72)38(2)59-4/h14,18,21,24-25,32,34-36,38,40,43,48,52,59H,5-13,15-17,19-20,22-23,26-31,33H2,1-4H3,(H,64,72)/t38-,48-,52-/m0/s1. The number of unbranched alkanes of at least 4 members (excludes halogenated alkanes) is 3. The van der Waals surface area contributed by atoms with Gasteiger partial charge in [-0.05, 0) is 115 Å². The molecule has 2 saturated heterocycles. The quantitative estimate of drug-likeness (QED) is 0.0528. The van der Waals surface area contributed by atoms with Gasteiger partial charge in [-0.2, -0.15) is 0 Å². The van der Waals surface area contributed by atoms with E-state index >= 15 is 0 Å². The summed E-state index contributed by atoms with van der Waals surface area (Å²) in [4.78, 5) is 105. The largest absolute Gasteiger partial charge is 0.494 e. The highest BCUT2D eigenvalue weighted by molar-refractivity contribution is 7.10. The predicted molar refractivity (Wildman–Crippen MR) is 293 cm³/mol. The molecule has 0 unspecified atom stereocenters. The second-order valence-corrected chi connectivity index (χ2v) is 22.2. The van der Waals surface area contributed by atoms with Crippen LogP contribution >= 0.6 is 11.3 Å². The van der Waals surface area contributed by atoms with E-state index < -0.39 is 12.1 Å². The summed E-state index contributed by atoms with van der Waals surface area (Å²) in [6.45, 7) is 8.87. The van der Waals surface area contributed by atoms with Gasteiger partial charge in [0.25, 0.3) is 5.56 Å². The molecule has 6 heterocycles. The number of ketones is 2. The molecule has 2 saturated carbocycles. The molecule has 4 aliphatic rings. The lowest BCUT2D eigenvalue weighted by molar-refractivity contribution is -0.139. The molecule has 5 aromatic rings. The van der Waals surface area contributed by atoms with E-state index in [0.717, 1.165) is 131 Å². The van der Waals surface area contributed by atoms with E-state index in [-0.39, 0.29) is 58.4 Å². The Hall–Kier alpha value is -6.40. The molecule has 404 valence electrons. The van der Waals surface area contributed by atoms with Crippen LogP contribution in [0, 0.1) is 12.8 Å². The number of likely N-dealkylation sites (N-methyl/N-ethyl adjacent to an activating group) is 1. The number of hydrogen-bond acceptors (Lipinski definition) is 14. The smallest absolute Gasteiger partial charge is 0.263 e. The minimum Gasteiger partial charge on any atom is -0.494 e. The van der Waals surface area contributed by atoms with Crippen LogP contribution in [0.15, 0.2) is 59.0 Å². The molecule has 2 aliphatic carbocycles. The van der Waals surface area contributed by atoms with Crippen molar-refractivity contribution < 1.29 is 28.7 Å². The highest BCUT2D eigenvalue weighted by atomic mass is 32.1. The van der Waals surface area contributed by atoms with Gasteiger partial charge in [0.05, 0.1) is 42.6 Å². The van der Waals surface area contributed by atoms with E-state index in [9.17, 15) is 28.8 Å². The van der Waals surface area contributed by atoms with Crippen LogP contribution in [0.5, 0.6) is 5.75 Å². The van der Waals surface area contributed by atoms with Gasteiger partial charge in [0.1, 0.15) is 34.0 Å². The highest BCUT2D eigenvalue weighted by Crippen LogP contribution is 2.37. The van der Waals surface area contributed by atoms with E-state index in [1.54, 1.807) is 49.2 Å². The summed E-state index contributed by atoms with van der Waals surface area (Å²) >= 11 is 1.40. The average Bonchev–Trinajstić information content (AvgIpc) is 4.30. The first kappa shape index (κ1) is 54.4. The molecule has 0 radical (unpaired) electrons. The third-order valence-electron chi connectivity index (χ3n) is 16.2. The van der Waals surface area contributed by atoms with E-state index in [0.29, 0.717) is 73.1 Å². The molecule has 2 aliphatic heterocycles. The molecule has 18 heteroatoms. The van der Waals surface area contributed by atoms with Gasteiger partial charge in [-0.1, -0.05) is 57.1 Å². The van der Waals surface area contributed by atoms with Crippen LogP contribution in [0.1, 0.15) is 177 Å². The molecular formula is C58H74N10O7S. The Kier molecular flexibility index (Phi) is 18.0. The molecule has 76 heavy (non-hydrogen) atoms. The van der Waals surface area contributed by atoms with Crippen molar-refractivity contribution in [2.24, 2.45) is 5.92 Å². The van der Waals surface area contributed by atoms with Crippen molar-refractivity contribution in [3.63, 3.8) is 0 Å². The lowest BCUT2D eigenvalue weighted by atomic mass is 9.83. The summed E-state index contributed by atoms with van der Waals surface area (Å²) in [5, 5.41) is 9.33. The number of likely N-dealkylation sites (tertiary alicyclic amines) is 1. The first-order valence-electron chi connectivity index (χ1n) is 27.8. The molecule has 4 fully saturated rings. The molecule has 2 N–H and O–H groups in total. The van der Waals surface area contributed by atoms with Crippen molar-refractivity contribution in [2.45, 2.75) is 154 Å². The number of nitrogens with one attached hydrogen (secondary N) is 2. The zero-order valence-corrected chi connectivity index (χ0v) is 45.5. The first-order chi connectivity index (χ1) is 36.9. The Morgan fingerprint density at radius 3 is 2.34 bits per heavy atom. The fourth-order valence-corrected chi connectivity index (χ4v) is 12.6. The number of rotatable bonds is 21. The number of carbonyl (C=O) groups excluding carboxylic acids is 5. The number of Topliss-reactive ketones (excluding diaryl/α,β-unsaturated/α-hetero) is 1. The molecule has 0 spiro atoms. The third-order valence-corrected chi connectivity index (χ3v) is 17.1. The van der Waals surface area contributed by atoms with Crippen molar-refractivity contribution >= 4 is 57.3 Å². The fourth-order valence-electron chi connectivity index (χ4n) is 11.7. The number of aromatic nitrogens is 5. The van der Waals surface area contributed by atoms with Crippen molar-refractivity contribution in [1.82, 2.24) is 44.9 Å². The van der Waals surface area contributed by atoms with Gasteiger partial charge in [-0.3, -0.25) is 38.3 Å². The number of piperazine rings is 1. The molecule has 17 nitrogen and oxygen atoms in total. The summed E-state index contributed by atoms with van der Waals surface area (Å²) < 4.78 is 7.82. The van der Waals surface area contributed by atoms with Gasteiger partial charge in [0.15, 0.2) is 5.78 Å². The summed E-state index contributed by atoms with van der Waals surface area (Å²) in [7, 11) is 1.74. The Morgan fingerprint density at radius 1 is 0.842 bits per heavy atom. The molecule has 3 amide bonds. The Bertz CT molecular complexity index is 2940. The zero-order chi connectivity index (χ0) is 53.3. The summed E-state index contributed by atoms with van der Waals surface area (Å²) in [6, 6.07) is 10.0. The fraction of sp³-hybridized carbons (Fsp3) is 0.552. The Morgan fingerprint density at radius 2 is 1.61 bits per heavy atom. The van der Waals surface area contributed by atoms with Gasteiger partial charge >= 0.3 is 0 Å². The number of carbonyl (C=O) groups is 5. The molecular weight excluding hydrogens is 981 g/mol. The van der Waals surface area contributed by atoms with Crippen molar-refractivity contribution in [3.05, 3.63) is 103 Å². The highest BCUT2D eigenvalue weighted by Gasteiger charge is 2.40. The summed E-state index contributed by atoms with van der Waals surface area (Å²) in [5.41, 5.74) is 3.82. The van der Waals surface area contributed by atoms with Gasteiger partial charge in [0, 0.05) is 73.4 Å². The SMILES string of the molecule is CN[C@@H](C)C(=O)N[C@H](C(=O)N1CCC[C@H]1c1nc(C(=O)c2cccc(OCCCCCCC(=O)N3CCN(c4ccc(Cc5ncc6c(C)c(C(C)=O)c(=O)n(C7CCCC7)c6n5)nc4)CC3)c2)cs1)C1CCCCC1. The van der Waals surface area contributed by atoms with Crippen molar-refractivity contribution in [2.75, 3.05) is 51.3 Å². The van der Waals surface area contributed by atoms with E-state index in [2.05, 4.69) is 26.6 Å². The topological polar surface area (TPSA) is 202 Å². The molecule has 1 aromatic carbocycles. The predicted octanol–water partition coefficient (Wildman–Crippen LogP) is 8.11. The third kappa shape index (κ3) is 12.5. The van der Waals surface area contributed by atoms with E-state index in [1.165, 1.54) is 18.3 Å². The maximum Gasteiger partial charge on any atom is 0.263 e. The molecule has 4 aromatic heterocycles. The first-order valence-corrected chi connectivity index (χ1v) is 28.7. The number of ether oxygens (including phenoxy) is 1. The second-order valence-electron chi connectivity index (χ2n) is 21.3.